The van der Waals surface area contributed by atoms with Crippen LogP contribution in [-0.2, 0) is 9.53 Å². The zero-order chi connectivity index (χ0) is 24.9. The number of pyridine rings is 1. The van der Waals surface area contributed by atoms with Crippen molar-refractivity contribution in [3.05, 3.63) is 78.9 Å². The van der Waals surface area contributed by atoms with E-state index >= 15 is 0 Å². The minimum absolute atomic E-state index is 0.0621. The van der Waals surface area contributed by atoms with Crippen LogP contribution in [0.2, 0.25) is 0 Å². The third-order valence-corrected chi connectivity index (χ3v) is 7.27. The van der Waals surface area contributed by atoms with Gasteiger partial charge in [0.1, 0.15) is 5.75 Å². The van der Waals surface area contributed by atoms with Gasteiger partial charge in [-0.15, -0.1) is 0 Å². The zero-order valence-electron chi connectivity index (χ0n) is 20.4. The van der Waals surface area contributed by atoms with Gasteiger partial charge in [0.2, 0.25) is 5.91 Å². The Balaban J connectivity index is 1.33. The summed E-state index contributed by atoms with van der Waals surface area (Å²) in [5.41, 5.74) is 4.95. The second-order valence-electron chi connectivity index (χ2n) is 8.65. The SMILES string of the molecule is COc1ccc2c(-c3ccccc3)cc(SC(C)C(=O)Nc3ccc(N4CCOCC4)cc3)nc2c1. The van der Waals surface area contributed by atoms with Crippen molar-refractivity contribution < 1.29 is 14.3 Å². The number of hydrogen-bond acceptors (Lipinski definition) is 6. The standard InChI is InChI=1S/C29H29N3O3S/c1-20(29(33)30-22-8-10-23(11-9-22)32-14-16-35-17-15-32)36-28-19-26(21-6-4-3-5-7-21)25-13-12-24(34-2)18-27(25)31-28/h3-13,18-20H,14-17H2,1-2H3,(H,30,33). The predicted molar refractivity (Wildman–Crippen MR) is 147 cm³/mol. The summed E-state index contributed by atoms with van der Waals surface area (Å²) < 4.78 is 10.8. The van der Waals surface area contributed by atoms with Crippen LogP contribution < -0.4 is 15.0 Å². The van der Waals surface area contributed by atoms with Crippen molar-refractivity contribution in [3.63, 3.8) is 0 Å². The summed E-state index contributed by atoms with van der Waals surface area (Å²) in [6.45, 7) is 5.16. The zero-order valence-corrected chi connectivity index (χ0v) is 21.3. The summed E-state index contributed by atoms with van der Waals surface area (Å²) in [4.78, 5) is 20.2. The molecule has 4 aromatic rings. The van der Waals surface area contributed by atoms with Gasteiger partial charge in [0.05, 0.1) is 36.1 Å². The Hall–Kier alpha value is -3.55. The molecule has 1 unspecified atom stereocenters. The van der Waals surface area contributed by atoms with Crippen molar-refractivity contribution in [3.8, 4) is 16.9 Å². The number of ether oxygens (including phenoxy) is 2. The molecule has 1 fully saturated rings. The highest BCUT2D eigenvalue weighted by Crippen LogP contribution is 2.34. The lowest BCUT2D eigenvalue weighted by atomic mass is 10.0. The summed E-state index contributed by atoms with van der Waals surface area (Å²) in [5.74, 6) is 0.690. The number of carbonyl (C=O) groups excluding carboxylic acids is 1. The van der Waals surface area contributed by atoms with Gasteiger partial charge in [-0.2, -0.15) is 0 Å². The van der Waals surface area contributed by atoms with Gasteiger partial charge in [0.25, 0.3) is 0 Å². The molecule has 0 radical (unpaired) electrons. The van der Waals surface area contributed by atoms with Crippen LogP contribution in [0.25, 0.3) is 22.0 Å². The molecule has 5 rings (SSSR count). The maximum atomic E-state index is 13.0. The van der Waals surface area contributed by atoms with Crippen LogP contribution in [0.15, 0.2) is 83.9 Å². The van der Waals surface area contributed by atoms with Gasteiger partial charge in [-0.3, -0.25) is 4.79 Å². The van der Waals surface area contributed by atoms with Gasteiger partial charge in [-0.05, 0) is 60.5 Å². The van der Waals surface area contributed by atoms with Crippen molar-refractivity contribution in [1.29, 1.82) is 0 Å². The number of benzene rings is 3. The molecule has 1 saturated heterocycles. The molecule has 1 atom stereocenters. The smallest absolute Gasteiger partial charge is 0.237 e. The van der Waals surface area contributed by atoms with Gasteiger partial charge >= 0.3 is 0 Å². The lowest BCUT2D eigenvalue weighted by Crippen LogP contribution is -2.36. The second-order valence-corrected chi connectivity index (χ2v) is 10.0. The fraction of sp³-hybridized carbons (Fsp3) is 0.241. The lowest BCUT2D eigenvalue weighted by molar-refractivity contribution is -0.115. The van der Waals surface area contributed by atoms with Crippen molar-refractivity contribution in [1.82, 2.24) is 4.98 Å². The fourth-order valence-electron chi connectivity index (χ4n) is 4.28. The Bertz CT molecular complexity index is 1340. The Labute approximate surface area is 215 Å². The molecule has 0 bridgehead atoms. The summed E-state index contributed by atoms with van der Waals surface area (Å²) in [7, 11) is 1.65. The van der Waals surface area contributed by atoms with Gasteiger partial charge in [-0.1, -0.05) is 42.1 Å². The van der Waals surface area contributed by atoms with E-state index in [0.29, 0.717) is 0 Å². The number of aromatic nitrogens is 1. The highest BCUT2D eigenvalue weighted by molar-refractivity contribution is 8.00. The van der Waals surface area contributed by atoms with Crippen LogP contribution in [0.5, 0.6) is 5.75 Å². The van der Waals surface area contributed by atoms with Crippen LogP contribution in [0.1, 0.15) is 6.92 Å². The molecule has 1 aromatic heterocycles. The van der Waals surface area contributed by atoms with E-state index in [-0.39, 0.29) is 11.2 Å². The van der Waals surface area contributed by atoms with Gasteiger partial charge in [0, 0.05) is 35.9 Å². The Morgan fingerprint density at radius 1 is 1.03 bits per heavy atom. The number of thioether (sulfide) groups is 1. The van der Waals surface area contributed by atoms with Crippen molar-refractivity contribution in [2.45, 2.75) is 17.2 Å². The summed E-state index contributed by atoms with van der Waals surface area (Å²) in [5, 5.41) is 4.55. The Kier molecular flexibility index (Phi) is 7.39. The van der Waals surface area contributed by atoms with Gasteiger partial charge in [0.15, 0.2) is 0 Å². The molecule has 2 heterocycles. The molecule has 1 amide bonds. The molecule has 0 spiro atoms. The molecule has 6 nitrogen and oxygen atoms in total. The number of methoxy groups -OCH3 is 1. The summed E-state index contributed by atoms with van der Waals surface area (Å²) in [6, 6.07) is 26.2. The van der Waals surface area contributed by atoms with Crippen molar-refractivity contribution >= 4 is 39.9 Å². The maximum Gasteiger partial charge on any atom is 0.237 e. The molecule has 3 aromatic carbocycles. The second kappa shape index (κ2) is 11.0. The third kappa shape index (κ3) is 5.48. The summed E-state index contributed by atoms with van der Waals surface area (Å²) >= 11 is 1.45. The Morgan fingerprint density at radius 2 is 1.78 bits per heavy atom. The first-order valence-electron chi connectivity index (χ1n) is 12.1. The predicted octanol–water partition coefficient (Wildman–Crippen LogP) is 5.87. The van der Waals surface area contributed by atoms with Crippen LogP contribution in [0.3, 0.4) is 0 Å². The first kappa shape index (κ1) is 24.2. The van der Waals surface area contributed by atoms with E-state index in [4.69, 9.17) is 14.5 Å². The Morgan fingerprint density at radius 3 is 2.50 bits per heavy atom. The van der Waals surface area contributed by atoms with E-state index < -0.39 is 0 Å². The van der Waals surface area contributed by atoms with Crippen LogP contribution in [-0.4, -0.2) is 49.6 Å². The number of anilines is 2. The average Bonchev–Trinajstić information content (AvgIpc) is 2.93. The molecule has 1 aliphatic heterocycles. The number of carbonyl (C=O) groups is 1. The topological polar surface area (TPSA) is 63.7 Å². The molecule has 1 N–H and O–H groups in total. The van der Waals surface area contributed by atoms with Gasteiger partial charge < -0.3 is 19.7 Å². The van der Waals surface area contributed by atoms with Crippen molar-refractivity contribution in [2.75, 3.05) is 43.6 Å². The van der Waals surface area contributed by atoms with E-state index in [1.54, 1.807) is 7.11 Å². The number of morpholine rings is 1. The van der Waals surface area contributed by atoms with Gasteiger partial charge in [-0.25, -0.2) is 4.98 Å². The largest absolute Gasteiger partial charge is 0.497 e. The van der Waals surface area contributed by atoms with Crippen LogP contribution >= 0.6 is 11.8 Å². The third-order valence-electron chi connectivity index (χ3n) is 6.26. The maximum absolute atomic E-state index is 13.0. The normalized spacial score (nSPS) is 14.4. The minimum atomic E-state index is -0.330. The van der Waals surface area contributed by atoms with E-state index in [0.717, 1.165) is 70.5 Å². The number of nitrogens with one attached hydrogen (secondary N) is 1. The average molecular weight is 500 g/mol. The molecule has 184 valence electrons. The van der Waals surface area contributed by atoms with Crippen LogP contribution in [0.4, 0.5) is 11.4 Å². The molecular formula is C29H29N3O3S. The molecule has 7 heteroatoms. The number of hydrogen-bond donors (Lipinski definition) is 1. The van der Waals surface area contributed by atoms with E-state index in [1.807, 2.05) is 67.6 Å². The molecular weight excluding hydrogens is 470 g/mol. The lowest BCUT2D eigenvalue weighted by Gasteiger charge is -2.28. The number of nitrogens with zero attached hydrogens (tertiary/aromatic N) is 2. The molecule has 0 saturated carbocycles. The molecule has 0 aliphatic carbocycles. The molecule has 36 heavy (non-hydrogen) atoms. The summed E-state index contributed by atoms with van der Waals surface area (Å²) in [6.07, 6.45) is 0. The quantitative estimate of drug-likeness (QED) is 0.321. The number of amides is 1. The number of fused-ring (bicyclic) bond motifs is 1. The first-order valence-corrected chi connectivity index (χ1v) is 12.9. The highest BCUT2D eigenvalue weighted by Gasteiger charge is 2.18. The van der Waals surface area contributed by atoms with Crippen LogP contribution in [0, 0.1) is 0 Å². The van der Waals surface area contributed by atoms with Crippen molar-refractivity contribution in [2.24, 2.45) is 0 Å². The van der Waals surface area contributed by atoms with E-state index in [1.165, 1.54) is 11.8 Å². The number of rotatable bonds is 7. The minimum Gasteiger partial charge on any atom is -0.497 e. The van der Waals surface area contributed by atoms with E-state index in [2.05, 4.69) is 28.4 Å². The first-order chi connectivity index (χ1) is 17.6. The van der Waals surface area contributed by atoms with E-state index in [9.17, 15) is 4.79 Å². The highest BCUT2D eigenvalue weighted by atomic mass is 32.2. The monoisotopic (exact) mass is 499 g/mol. The fourth-order valence-corrected chi connectivity index (χ4v) is 5.15. The molecule has 1 aliphatic rings.